The number of aliphatic hydroxyl groups is 1. The molecule has 9 nitrogen and oxygen atoms in total. The van der Waals surface area contributed by atoms with E-state index in [1.165, 1.54) is 0 Å². The number of hydrogen-bond donors (Lipinski definition) is 3. The Kier molecular flexibility index (Phi) is 7.67. The monoisotopic (exact) mass is 537 g/mol. The lowest BCUT2D eigenvalue weighted by Crippen LogP contribution is -2.33. The first-order valence-electron chi connectivity index (χ1n) is 13.1. The number of aryl methyl sites for hydroxylation is 1. The Morgan fingerprint density at radius 3 is 2.63 bits per heavy atom. The minimum atomic E-state index is -0.559. The molecule has 3 heterocycles. The lowest BCUT2D eigenvalue weighted by atomic mass is 10.0. The number of H-pyrrole nitrogens is 1. The topological polar surface area (TPSA) is 119 Å². The summed E-state index contributed by atoms with van der Waals surface area (Å²) in [5.41, 5.74) is 3.22. The number of hydrogen-bond acceptors (Lipinski definition) is 5. The van der Waals surface area contributed by atoms with Gasteiger partial charge in [-0.25, -0.2) is 4.98 Å². The number of halogens is 1. The van der Waals surface area contributed by atoms with Gasteiger partial charge >= 0.3 is 0 Å². The molecule has 2 saturated heterocycles. The van der Waals surface area contributed by atoms with E-state index >= 15 is 0 Å². The smallest absolute Gasteiger partial charge is 0.254 e. The van der Waals surface area contributed by atoms with Gasteiger partial charge in [0.1, 0.15) is 5.82 Å². The number of aromatic nitrogens is 2. The quantitative estimate of drug-likeness (QED) is 0.425. The number of amides is 3. The highest BCUT2D eigenvalue weighted by atomic mass is 35.5. The van der Waals surface area contributed by atoms with Gasteiger partial charge in [-0.15, -0.1) is 0 Å². The molecule has 3 amide bonds. The van der Waals surface area contributed by atoms with Crippen molar-refractivity contribution in [3.8, 4) is 0 Å². The second kappa shape index (κ2) is 11.1. The summed E-state index contributed by atoms with van der Waals surface area (Å²) in [5, 5.41) is 13.4. The van der Waals surface area contributed by atoms with Gasteiger partial charge in [-0.1, -0.05) is 11.6 Å². The summed E-state index contributed by atoms with van der Waals surface area (Å²) in [6.07, 6.45) is 2.64. The van der Waals surface area contributed by atoms with E-state index in [0.717, 1.165) is 37.0 Å². The summed E-state index contributed by atoms with van der Waals surface area (Å²) in [5.74, 6) is 0.139. The van der Waals surface area contributed by atoms with Gasteiger partial charge < -0.3 is 25.2 Å². The molecule has 0 aliphatic carbocycles. The summed E-state index contributed by atoms with van der Waals surface area (Å²) in [6, 6.07) is 9.86. The number of carbonyl (C=O) groups excluding carboxylic acids is 3. The summed E-state index contributed by atoms with van der Waals surface area (Å²) < 4.78 is 0. The van der Waals surface area contributed by atoms with Crippen LogP contribution in [0.4, 0.5) is 0 Å². The predicted molar refractivity (Wildman–Crippen MR) is 144 cm³/mol. The van der Waals surface area contributed by atoms with Crippen LogP contribution in [-0.4, -0.2) is 74.9 Å². The Bertz CT molecular complexity index is 1370. The van der Waals surface area contributed by atoms with Crippen LogP contribution in [0.1, 0.15) is 70.2 Å². The Balaban J connectivity index is 1.34. The van der Waals surface area contributed by atoms with Crippen LogP contribution in [0, 0.1) is 6.92 Å². The van der Waals surface area contributed by atoms with Gasteiger partial charge in [0.05, 0.1) is 23.2 Å². The van der Waals surface area contributed by atoms with Crippen molar-refractivity contribution >= 4 is 40.4 Å². The second-order valence-corrected chi connectivity index (χ2v) is 10.6. The number of imidazole rings is 1. The maximum absolute atomic E-state index is 13.3. The normalized spacial score (nSPS) is 18.2. The molecule has 2 atom stereocenters. The number of nitrogens with zero attached hydrogens (tertiary/aromatic N) is 3. The van der Waals surface area contributed by atoms with Crippen molar-refractivity contribution in [2.24, 2.45) is 0 Å². The third-order valence-electron chi connectivity index (χ3n) is 7.37. The number of benzene rings is 2. The molecule has 2 aliphatic heterocycles. The molecule has 2 aromatic carbocycles. The molecule has 38 heavy (non-hydrogen) atoms. The number of likely N-dealkylation sites (tertiary alicyclic amines) is 2. The van der Waals surface area contributed by atoms with E-state index in [-0.39, 0.29) is 24.1 Å². The maximum atomic E-state index is 13.3. The molecule has 2 aliphatic rings. The third kappa shape index (κ3) is 5.68. The lowest BCUT2D eigenvalue weighted by molar-refractivity contribution is -0.130. The first-order valence-corrected chi connectivity index (χ1v) is 13.5. The minimum absolute atomic E-state index is 0.00341. The van der Waals surface area contributed by atoms with Gasteiger partial charge in [0.2, 0.25) is 5.91 Å². The van der Waals surface area contributed by atoms with E-state index in [0.29, 0.717) is 53.4 Å². The van der Waals surface area contributed by atoms with Crippen LogP contribution >= 0.6 is 11.6 Å². The van der Waals surface area contributed by atoms with E-state index < -0.39 is 12.1 Å². The van der Waals surface area contributed by atoms with Gasteiger partial charge in [0, 0.05) is 48.7 Å². The zero-order valence-corrected chi connectivity index (χ0v) is 22.1. The second-order valence-electron chi connectivity index (χ2n) is 10.2. The van der Waals surface area contributed by atoms with E-state index in [9.17, 15) is 19.5 Å². The average molecular weight is 538 g/mol. The van der Waals surface area contributed by atoms with Crippen molar-refractivity contribution in [3.05, 3.63) is 63.9 Å². The molecule has 200 valence electrons. The molecule has 0 bridgehead atoms. The Labute approximate surface area is 226 Å². The molecule has 0 spiro atoms. The third-order valence-corrected chi connectivity index (χ3v) is 7.61. The Morgan fingerprint density at radius 2 is 1.92 bits per heavy atom. The average Bonchev–Trinajstić information content (AvgIpc) is 3.66. The molecular weight excluding hydrogens is 506 g/mol. The van der Waals surface area contributed by atoms with Crippen LogP contribution in [0.5, 0.6) is 0 Å². The zero-order valence-electron chi connectivity index (χ0n) is 21.4. The summed E-state index contributed by atoms with van der Waals surface area (Å²) >= 11 is 6.14. The van der Waals surface area contributed by atoms with E-state index in [4.69, 9.17) is 11.6 Å². The van der Waals surface area contributed by atoms with Crippen molar-refractivity contribution in [1.82, 2.24) is 25.1 Å². The van der Waals surface area contributed by atoms with Crippen LogP contribution in [-0.2, 0) is 4.79 Å². The van der Waals surface area contributed by atoms with Crippen molar-refractivity contribution in [2.45, 2.75) is 51.2 Å². The molecule has 2 fully saturated rings. The minimum Gasteiger partial charge on any atom is -0.391 e. The molecule has 0 radical (unpaired) electrons. The summed E-state index contributed by atoms with van der Waals surface area (Å²) in [4.78, 5) is 50.3. The van der Waals surface area contributed by atoms with Gasteiger partial charge in [0.15, 0.2) is 0 Å². The van der Waals surface area contributed by atoms with Crippen LogP contribution in [0.25, 0.3) is 11.0 Å². The van der Waals surface area contributed by atoms with Crippen molar-refractivity contribution in [3.63, 3.8) is 0 Å². The molecular formula is C28H32ClN5O4. The van der Waals surface area contributed by atoms with Gasteiger partial charge in [-0.2, -0.15) is 0 Å². The maximum Gasteiger partial charge on any atom is 0.254 e. The van der Waals surface area contributed by atoms with Crippen LogP contribution < -0.4 is 5.32 Å². The molecule has 3 aromatic rings. The fourth-order valence-electron chi connectivity index (χ4n) is 5.22. The van der Waals surface area contributed by atoms with E-state index in [1.54, 1.807) is 41.3 Å². The Morgan fingerprint density at radius 1 is 1.13 bits per heavy atom. The number of aromatic amines is 1. The molecule has 0 saturated carbocycles. The largest absolute Gasteiger partial charge is 0.391 e. The molecule has 1 unspecified atom stereocenters. The Hall–Kier alpha value is -3.43. The van der Waals surface area contributed by atoms with E-state index in [2.05, 4.69) is 15.3 Å². The molecule has 5 rings (SSSR count). The first kappa shape index (κ1) is 26.2. The van der Waals surface area contributed by atoms with Crippen molar-refractivity contribution in [1.29, 1.82) is 0 Å². The number of rotatable bonds is 7. The van der Waals surface area contributed by atoms with E-state index in [1.807, 2.05) is 11.8 Å². The van der Waals surface area contributed by atoms with Crippen LogP contribution in [0.3, 0.4) is 0 Å². The predicted octanol–water partition coefficient (Wildman–Crippen LogP) is 3.61. The molecule has 10 heteroatoms. The van der Waals surface area contributed by atoms with Crippen molar-refractivity contribution in [2.75, 3.05) is 26.2 Å². The summed E-state index contributed by atoms with van der Waals surface area (Å²) in [7, 11) is 0. The standard InChI is InChI=1S/C28H32ClN5O4/c1-17-14-18(4-6-21(17)28(38)33-11-2-3-12-33)27(37)32-23(8-9-25(36)34-13-10-20(35)16-34)26-30-22-7-5-19(29)15-24(22)31-26/h4-7,14-15,20,23,35H,2-3,8-13,16H2,1H3,(H,30,31)(H,32,37)/t20-,23?/m1/s1. The summed E-state index contributed by atoms with van der Waals surface area (Å²) in [6.45, 7) is 4.23. The van der Waals surface area contributed by atoms with Crippen LogP contribution in [0.2, 0.25) is 5.02 Å². The number of aliphatic hydroxyl groups excluding tert-OH is 1. The fraction of sp³-hybridized carbons (Fsp3) is 0.429. The zero-order chi connectivity index (χ0) is 26.8. The van der Waals surface area contributed by atoms with Crippen LogP contribution in [0.15, 0.2) is 36.4 Å². The first-order chi connectivity index (χ1) is 18.3. The number of nitrogens with one attached hydrogen (secondary N) is 2. The number of fused-ring (bicyclic) bond motifs is 1. The van der Waals surface area contributed by atoms with Crippen molar-refractivity contribution < 1.29 is 19.5 Å². The number of carbonyl (C=O) groups is 3. The fourth-order valence-corrected chi connectivity index (χ4v) is 5.39. The highest BCUT2D eigenvalue weighted by Gasteiger charge is 2.27. The molecule has 3 N–H and O–H groups in total. The van der Waals surface area contributed by atoms with Gasteiger partial charge in [-0.3, -0.25) is 14.4 Å². The molecule has 1 aromatic heterocycles. The van der Waals surface area contributed by atoms with Gasteiger partial charge in [0.25, 0.3) is 11.8 Å². The van der Waals surface area contributed by atoms with Gasteiger partial charge in [-0.05, 0) is 74.6 Å². The SMILES string of the molecule is Cc1cc(C(=O)NC(CCC(=O)N2CC[C@@H](O)C2)c2nc3ccc(Cl)cc3[nH]2)ccc1C(=O)N1CCCC1. The number of β-amino-alcohol motifs (C(OH)–C–C–N with tert-alkyl or cyclic N) is 1. The highest BCUT2D eigenvalue weighted by molar-refractivity contribution is 6.31. The highest BCUT2D eigenvalue weighted by Crippen LogP contribution is 2.24. The lowest BCUT2D eigenvalue weighted by Gasteiger charge is -2.20.